The first kappa shape index (κ1) is 13.2. The zero-order chi connectivity index (χ0) is 13.3. The quantitative estimate of drug-likeness (QED) is 0.713. The zero-order valence-corrected chi connectivity index (χ0v) is 11.4. The van der Waals surface area contributed by atoms with E-state index in [9.17, 15) is 9.59 Å². The van der Waals surface area contributed by atoms with E-state index in [1.54, 1.807) is 4.90 Å². The smallest absolute Gasteiger partial charge is 0.410 e. The first-order valence-electron chi connectivity index (χ1n) is 6.62. The minimum Gasteiger partial charge on any atom is -0.444 e. The van der Waals surface area contributed by atoms with Gasteiger partial charge in [0.15, 0.2) is 0 Å². The van der Waals surface area contributed by atoms with Crippen LogP contribution in [0.3, 0.4) is 0 Å². The molecule has 0 aromatic carbocycles. The van der Waals surface area contributed by atoms with E-state index < -0.39 is 5.60 Å². The predicted octanol–water partition coefficient (Wildman–Crippen LogP) is 1.52. The summed E-state index contributed by atoms with van der Waals surface area (Å²) in [6.07, 6.45) is 2.25. The van der Waals surface area contributed by atoms with Gasteiger partial charge >= 0.3 is 6.09 Å². The molecule has 2 fully saturated rings. The number of rotatable bonds is 0. The highest BCUT2D eigenvalue weighted by molar-refractivity contribution is 5.77. The van der Waals surface area contributed by atoms with Crippen LogP contribution in [0.5, 0.6) is 0 Å². The Morgan fingerprint density at radius 3 is 2.78 bits per heavy atom. The molecule has 18 heavy (non-hydrogen) atoms. The third-order valence-corrected chi connectivity index (χ3v) is 3.42. The van der Waals surface area contributed by atoms with E-state index >= 15 is 0 Å². The van der Waals surface area contributed by atoms with Gasteiger partial charge in [-0.15, -0.1) is 0 Å². The van der Waals surface area contributed by atoms with Crippen molar-refractivity contribution < 1.29 is 14.3 Å². The Morgan fingerprint density at radius 1 is 1.39 bits per heavy atom. The van der Waals surface area contributed by atoms with Crippen LogP contribution in [0.25, 0.3) is 0 Å². The zero-order valence-electron chi connectivity index (χ0n) is 11.4. The number of hydrogen-bond donors (Lipinski definition) is 1. The average Bonchev–Trinajstić information content (AvgIpc) is 2.52. The highest BCUT2D eigenvalue weighted by atomic mass is 16.6. The highest BCUT2D eigenvalue weighted by Gasteiger charge is 2.38. The SMILES string of the molecule is CC(C)(C)OC(=O)N1C[C@@H]2CCCC(=O)N[C@@H]2C1. The third kappa shape index (κ3) is 3.15. The molecule has 0 saturated carbocycles. The van der Waals surface area contributed by atoms with Gasteiger partial charge in [0, 0.05) is 19.5 Å². The Balaban J connectivity index is 1.95. The number of amides is 2. The van der Waals surface area contributed by atoms with Crippen molar-refractivity contribution in [3.8, 4) is 0 Å². The van der Waals surface area contributed by atoms with Gasteiger partial charge in [-0.25, -0.2) is 4.79 Å². The summed E-state index contributed by atoms with van der Waals surface area (Å²) >= 11 is 0. The number of carbonyl (C=O) groups is 2. The van der Waals surface area contributed by atoms with E-state index in [0.29, 0.717) is 25.4 Å². The first-order valence-corrected chi connectivity index (χ1v) is 6.62. The van der Waals surface area contributed by atoms with Gasteiger partial charge in [0.05, 0.1) is 6.04 Å². The minimum absolute atomic E-state index is 0.104. The van der Waals surface area contributed by atoms with Gasteiger partial charge in [-0.2, -0.15) is 0 Å². The predicted molar refractivity (Wildman–Crippen MR) is 67.1 cm³/mol. The molecule has 0 aromatic heterocycles. The third-order valence-electron chi connectivity index (χ3n) is 3.42. The molecular weight excluding hydrogens is 232 g/mol. The van der Waals surface area contributed by atoms with Gasteiger partial charge in [0.25, 0.3) is 0 Å². The van der Waals surface area contributed by atoms with Crippen LogP contribution in [-0.2, 0) is 9.53 Å². The van der Waals surface area contributed by atoms with Crippen molar-refractivity contribution in [3.05, 3.63) is 0 Å². The summed E-state index contributed by atoms with van der Waals surface area (Å²) in [6.45, 7) is 6.85. The summed E-state index contributed by atoms with van der Waals surface area (Å²) < 4.78 is 5.36. The van der Waals surface area contributed by atoms with Crippen molar-refractivity contribution in [3.63, 3.8) is 0 Å². The molecule has 0 aliphatic carbocycles. The molecule has 0 bridgehead atoms. The van der Waals surface area contributed by atoms with E-state index in [1.807, 2.05) is 20.8 Å². The topological polar surface area (TPSA) is 58.6 Å². The normalized spacial score (nSPS) is 28.4. The number of likely N-dealkylation sites (tertiary alicyclic amines) is 1. The number of fused-ring (bicyclic) bond motifs is 1. The van der Waals surface area contributed by atoms with Crippen LogP contribution in [0, 0.1) is 5.92 Å². The second-order valence-corrected chi connectivity index (χ2v) is 6.21. The molecule has 0 unspecified atom stereocenters. The molecule has 5 heteroatoms. The number of nitrogens with one attached hydrogen (secondary N) is 1. The fraction of sp³-hybridized carbons (Fsp3) is 0.846. The van der Waals surface area contributed by atoms with Crippen molar-refractivity contribution >= 4 is 12.0 Å². The number of hydrogen-bond acceptors (Lipinski definition) is 3. The lowest BCUT2D eigenvalue weighted by Gasteiger charge is -2.24. The molecule has 5 nitrogen and oxygen atoms in total. The van der Waals surface area contributed by atoms with Crippen LogP contribution in [0.15, 0.2) is 0 Å². The fourth-order valence-electron chi connectivity index (χ4n) is 2.61. The second-order valence-electron chi connectivity index (χ2n) is 6.21. The standard InChI is InChI=1S/C13H22N2O3/c1-13(2,3)18-12(17)15-7-9-5-4-6-11(16)14-10(9)8-15/h9-10H,4-8H2,1-3H3,(H,14,16)/t9-,10+/m0/s1. The maximum atomic E-state index is 12.0. The molecule has 2 aliphatic heterocycles. The number of nitrogens with zero attached hydrogens (tertiary/aromatic N) is 1. The number of ether oxygens (including phenoxy) is 1. The molecule has 0 radical (unpaired) electrons. The Bertz CT molecular complexity index is 349. The Morgan fingerprint density at radius 2 is 2.11 bits per heavy atom. The first-order chi connectivity index (χ1) is 8.35. The van der Waals surface area contributed by atoms with Crippen molar-refractivity contribution in [1.82, 2.24) is 10.2 Å². The van der Waals surface area contributed by atoms with Crippen LogP contribution in [0.2, 0.25) is 0 Å². The van der Waals surface area contributed by atoms with E-state index in [1.165, 1.54) is 0 Å². The number of carbonyl (C=O) groups excluding carboxylic acids is 2. The van der Waals surface area contributed by atoms with E-state index in [4.69, 9.17) is 4.74 Å². The molecule has 2 rings (SSSR count). The fourth-order valence-corrected chi connectivity index (χ4v) is 2.61. The summed E-state index contributed by atoms with van der Waals surface area (Å²) in [5, 5.41) is 3.00. The second kappa shape index (κ2) is 4.78. The van der Waals surface area contributed by atoms with E-state index in [-0.39, 0.29) is 18.0 Å². The largest absolute Gasteiger partial charge is 0.444 e. The molecule has 2 heterocycles. The molecule has 2 amide bonds. The Labute approximate surface area is 108 Å². The van der Waals surface area contributed by atoms with Crippen LogP contribution in [0.1, 0.15) is 40.0 Å². The Kier molecular flexibility index (Phi) is 3.50. The monoisotopic (exact) mass is 254 g/mol. The van der Waals surface area contributed by atoms with Gasteiger partial charge < -0.3 is 15.0 Å². The molecule has 0 spiro atoms. The molecular formula is C13H22N2O3. The molecule has 2 aliphatic rings. The van der Waals surface area contributed by atoms with Gasteiger partial charge in [0.1, 0.15) is 5.60 Å². The van der Waals surface area contributed by atoms with Gasteiger partial charge in [0.2, 0.25) is 5.91 Å². The lowest BCUT2D eigenvalue weighted by Crippen LogP contribution is -2.40. The van der Waals surface area contributed by atoms with Crippen LogP contribution < -0.4 is 5.32 Å². The summed E-state index contributed by atoms with van der Waals surface area (Å²) in [4.78, 5) is 25.2. The van der Waals surface area contributed by atoms with Gasteiger partial charge in [-0.05, 0) is 39.5 Å². The molecule has 102 valence electrons. The maximum Gasteiger partial charge on any atom is 0.410 e. The maximum absolute atomic E-state index is 12.0. The summed E-state index contributed by atoms with van der Waals surface area (Å²) in [5.41, 5.74) is -0.467. The average molecular weight is 254 g/mol. The van der Waals surface area contributed by atoms with Crippen LogP contribution in [-0.4, -0.2) is 41.6 Å². The highest BCUT2D eigenvalue weighted by Crippen LogP contribution is 2.26. The molecule has 2 saturated heterocycles. The van der Waals surface area contributed by atoms with Crippen molar-refractivity contribution in [2.45, 2.75) is 51.7 Å². The molecule has 0 aromatic rings. The summed E-state index contributed by atoms with van der Waals surface area (Å²) in [5.74, 6) is 0.484. The van der Waals surface area contributed by atoms with E-state index in [2.05, 4.69) is 5.32 Å². The van der Waals surface area contributed by atoms with Crippen molar-refractivity contribution in [2.24, 2.45) is 5.92 Å². The van der Waals surface area contributed by atoms with E-state index in [0.717, 1.165) is 12.8 Å². The Hall–Kier alpha value is -1.26. The molecule has 1 N–H and O–H groups in total. The van der Waals surface area contributed by atoms with Gasteiger partial charge in [-0.1, -0.05) is 0 Å². The van der Waals surface area contributed by atoms with Crippen LogP contribution in [0.4, 0.5) is 4.79 Å². The van der Waals surface area contributed by atoms with Crippen molar-refractivity contribution in [1.29, 1.82) is 0 Å². The van der Waals surface area contributed by atoms with Crippen LogP contribution >= 0.6 is 0 Å². The summed E-state index contributed by atoms with van der Waals surface area (Å²) in [7, 11) is 0. The molecule has 2 atom stereocenters. The minimum atomic E-state index is -0.467. The van der Waals surface area contributed by atoms with Gasteiger partial charge in [-0.3, -0.25) is 4.79 Å². The van der Waals surface area contributed by atoms with Crippen molar-refractivity contribution in [2.75, 3.05) is 13.1 Å². The summed E-state index contributed by atoms with van der Waals surface area (Å²) in [6, 6.07) is 0.104. The lowest BCUT2D eigenvalue weighted by atomic mass is 9.99. The lowest BCUT2D eigenvalue weighted by molar-refractivity contribution is -0.121.